The summed E-state index contributed by atoms with van der Waals surface area (Å²) < 4.78 is 4.96. The molecule has 1 aromatic carbocycles. The Morgan fingerprint density at radius 3 is 2.57 bits per heavy atom. The zero-order valence-corrected chi connectivity index (χ0v) is 12.4. The average Bonchev–Trinajstić information content (AvgIpc) is 2.47. The van der Waals surface area contributed by atoms with Crippen molar-refractivity contribution in [2.75, 3.05) is 37.7 Å². The van der Waals surface area contributed by atoms with E-state index in [9.17, 15) is 14.9 Å². The molecule has 1 saturated heterocycles. The quantitative estimate of drug-likeness (QED) is 0.633. The fraction of sp³-hybridized carbons (Fsp3) is 0.462. The van der Waals surface area contributed by atoms with Crippen molar-refractivity contribution < 1.29 is 14.5 Å². The predicted octanol–water partition coefficient (Wildman–Crippen LogP) is 2.53. The van der Waals surface area contributed by atoms with Crippen LogP contribution in [0.3, 0.4) is 0 Å². The number of amides is 1. The van der Waals surface area contributed by atoms with Gasteiger partial charge in [-0.1, -0.05) is 11.6 Å². The molecule has 0 saturated carbocycles. The van der Waals surface area contributed by atoms with Gasteiger partial charge in [0.15, 0.2) is 0 Å². The molecule has 8 heteroatoms. The summed E-state index contributed by atoms with van der Waals surface area (Å²) in [5, 5.41) is 11.0. The molecular weight excluding hydrogens is 298 g/mol. The number of hydrogen-bond donors (Lipinski definition) is 0. The lowest BCUT2D eigenvalue weighted by atomic mass is 10.2. The van der Waals surface area contributed by atoms with E-state index < -0.39 is 4.92 Å². The van der Waals surface area contributed by atoms with E-state index in [1.165, 1.54) is 12.1 Å². The van der Waals surface area contributed by atoms with Crippen LogP contribution in [-0.4, -0.2) is 48.7 Å². The van der Waals surface area contributed by atoms with Crippen LogP contribution in [0.25, 0.3) is 0 Å². The average molecular weight is 314 g/mol. The lowest BCUT2D eigenvalue weighted by Crippen LogP contribution is -2.49. The van der Waals surface area contributed by atoms with Crippen LogP contribution in [0.5, 0.6) is 0 Å². The van der Waals surface area contributed by atoms with Gasteiger partial charge >= 0.3 is 6.09 Å². The summed E-state index contributed by atoms with van der Waals surface area (Å²) in [6.45, 7) is 4.41. The van der Waals surface area contributed by atoms with Crippen molar-refractivity contribution in [3.63, 3.8) is 0 Å². The molecule has 21 heavy (non-hydrogen) atoms. The number of benzene rings is 1. The molecule has 7 nitrogen and oxygen atoms in total. The standard InChI is InChI=1S/C13H16ClN3O4/c1-2-21-13(18)16-7-5-15(6-8-16)12-4-3-10(17(19)20)9-11(12)14/h3-4,9H,2,5-8H2,1H3. The van der Waals surface area contributed by atoms with Gasteiger partial charge in [0.05, 0.1) is 22.2 Å². The van der Waals surface area contributed by atoms with E-state index in [2.05, 4.69) is 0 Å². The highest BCUT2D eigenvalue weighted by Gasteiger charge is 2.23. The molecule has 1 aromatic rings. The molecule has 1 fully saturated rings. The van der Waals surface area contributed by atoms with E-state index in [4.69, 9.17) is 16.3 Å². The fourth-order valence-corrected chi connectivity index (χ4v) is 2.50. The van der Waals surface area contributed by atoms with Crippen molar-refractivity contribution in [1.82, 2.24) is 4.90 Å². The van der Waals surface area contributed by atoms with Crippen LogP contribution in [0.15, 0.2) is 18.2 Å². The largest absolute Gasteiger partial charge is 0.450 e. The van der Waals surface area contributed by atoms with Crippen molar-refractivity contribution in [2.24, 2.45) is 0 Å². The van der Waals surface area contributed by atoms with Gasteiger partial charge in [0.2, 0.25) is 0 Å². The molecule has 1 amide bonds. The van der Waals surface area contributed by atoms with Gasteiger partial charge in [-0.15, -0.1) is 0 Å². The molecule has 0 atom stereocenters. The van der Waals surface area contributed by atoms with Crippen molar-refractivity contribution in [3.8, 4) is 0 Å². The molecule has 0 radical (unpaired) electrons. The number of nitro groups is 1. The Balaban J connectivity index is 2.02. The second-order valence-corrected chi connectivity index (χ2v) is 4.97. The van der Waals surface area contributed by atoms with E-state index in [-0.39, 0.29) is 11.8 Å². The fourth-order valence-electron chi connectivity index (χ4n) is 2.21. The van der Waals surface area contributed by atoms with Crippen molar-refractivity contribution in [1.29, 1.82) is 0 Å². The van der Waals surface area contributed by atoms with Gasteiger partial charge in [0.1, 0.15) is 0 Å². The van der Waals surface area contributed by atoms with Gasteiger partial charge in [0.25, 0.3) is 5.69 Å². The summed E-state index contributed by atoms with van der Waals surface area (Å²) in [5.74, 6) is 0. The van der Waals surface area contributed by atoms with Crippen LogP contribution >= 0.6 is 11.6 Å². The maximum atomic E-state index is 11.6. The van der Waals surface area contributed by atoms with Gasteiger partial charge in [-0.25, -0.2) is 4.79 Å². The van der Waals surface area contributed by atoms with Gasteiger partial charge in [-0.3, -0.25) is 10.1 Å². The number of carbonyl (C=O) groups is 1. The first-order valence-corrected chi connectivity index (χ1v) is 7.01. The van der Waals surface area contributed by atoms with Crippen LogP contribution in [0, 0.1) is 10.1 Å². The van der Waals surface area contributed by atoms with E-state index in [0.29, 0.717) is 37.8 Å². The number of anilines is 1. The smallest absolute Gasteiger partial charge is 0.409 e. The monoisotopic (exact) mass is 313 g/mol. The maximum absolute atomic E-state index is 11.6. The number of nitrogens with zero attached hydrogens (tertiary/aromatic N) is 3. The first-order valence-electron chi connectivity index (χ1n) is 6.63. The molecule has 0 bridgehead atoms. The van der Waals surface area contributed by atoms with Crippen molar-refractivity contribution in [3.05, 3.63) is 33.3 Å². The second-order valence-electron chi connectivity index (χ2n) is 4.57. The van der Waals surface area contributed by atoms with Crippen LogP contribution in [0.1, 0.15) is 6.92 Å². The molecule has 2 rings (SSSR count). The number of non-ortho nitro benzene ring substituents is 1. The topological polar surface area (TPSA) is 75.9 Å². The van der Waals surface area contributed by atoms with Crippen LogP contribution in [0.4, 0.5) is 16.2 Å². The molecule has 0 N–H and O–H groups in total. The Morgan fingerprint density at radius 2 is 2.05 bits per heavy atom. The Hall–Kier alpha value is -2.02. The zero-order chi connectivity index (χ0) is 15.4. The van der Waals surface area contributed by atoms with Crippen molar-refractivity contribution >= 4 is 29.1 Å². The van der Waals surface area contributed by atoms with Crippen LogP contribution < -0.4 is 4.90 Å². The van der Waals surface area contributed by atoms with Gasteiger partial charge < -0.3 is 14.5 Å². The molecule has 1 heterocycles. The summed E-state index contributed by atoms with van der Waals surface area (Å²) in [7, 11) is 0. The number of nitro benzene ring substituents is 1. The minimum absolute atomic E-state index is 0.0334. The van der Waals surface area contributed by atoms with Crippen LogP contribution in [0.2, 0.25) is 5.02 Å². The van der Waals surface area contributed by atoms with Crippen molar-refractivity contribution in [2.45, 2.75) is 6.92 Å². The highest BCUT2D eigenvalue weighted by atomic mass is 35.5. The molecule has 0 aliphatic carbocycles. The summed E-state index contributed by atoms with van der Waals surface area (Å²) >= 11 is 6.10. The third-order valence-electron chi connectivity index (χ3n) is 3.29. The minimum Gasteiger partial charge on any atom is -0.450 e. The molecule has 0 aromatic heterocycles. The SMILES string of the molecule is CCOC(=O)N1CCN(c2ccc([N+](=O)[O-])cc2Cl)CC1. The first kappa shape index (κ1) is 15.4. The summed E-state index contributed by atoms with van der Waals surface area (Å²) in [4.78, 5) is 25.5. The Bertz CT molecular complexity index is 544. The third-order valence-corrected chi connectivity index (χ3v) is 3.59. The summed E-state index contributed by atoms with van der Waals surface area (Å²) in [6.07, 6.45) is -0.313. The Morgan fingerprint density at radius 1 is 1.38 bits per heavy atom. The molecule has 0 unspecified atom stereocenters. The number of hydrogen-bond acceptors (Lipinski definition) is 5. The molecule has 0 spiro atoms. The third kappa shape index (κ3) is 3.55. The highest BCUT2D eigenvalue weighted by molar-refractivity contribution is 6.33. The Labute approximate surface area is 127 Å². The molecular formula is C13H16ClN3O4. The number of halogens is 1. The van der Waals surface area contributed by atoms with Gasteiger partial charge in [-0.05, 0) is 13.0 Å². The molecule has 1 aliphatic rings. The lowest BCUT2D eigenvalue weighted by molar-refractivity contribution is -0.384. The van der Waals surface area contributed by atoms with Crippen LogP contribution in [-0.2, 0) is 4.74 Å². The van der Waals surface area contributed by atoms with E-state index >= 15 is 0 Å². The van der Waals surface area contributed by atoms with Gasteiger partial charge in [-0.2, -0.15) is 0 Å². The Kier molecular flexibility index (Phi) is 4.85. The number of ether oxygens (including phenoxy) is 1. The summed E-state index contributed by atoms with van der Waals surface area (Å²) in [5.41, 5.74) is 0.708. The van der Waals surface area contributed by atoms with E-state index in [1.807, 2.05) is 4.90 Å². The second kappa shape index (κ2) is 6.62. The van der Waals surface area contributed by atoms with Gasteiger partial charge in [0, 0.05) is 38.3 Å². The molecule has 1 aliphatic heterocycles. The minimum atomic E-state index is -0.478. The number of rotatable bonds is 3. The number of piperazine rings is 1. The normalized spacial score (nSPS) is 15.0. The van der Waals surface area contributed by atoms with E-state index in [1.54, 1.807) is 17.9 Å². The zero-order valence-electron chi connectivity index (χ0n) is 11.6. The highest BCUT2D eigenvalue weighted by Crippen LogP contribution is 2.30. The molecule has 114 valence electrons. The number of carbonyl (C=O) groups excluding carboxylic acids is 1. The maximum Gasteiger partial charge on any atom is 0.409 e. The van der Waals surface area contributed by atoms with E-state index in [0.717, 1.165) is 5.69 Å². The predicted molar refractivity (Wildman–Crippen MR) is 78.9 cm³/mol. The first-order chi connectivity index (χ1) is 10.0. The summed E-state index contributed by atoms with van der Waals surface area (Å²) in [6, 6.07) is 4.41. The lowest BCUT2D eigenvalue weighted by Gasteiger charge is -2.35.